The van der Waals surface area contributed by atoms with Gasteiger partial charge in [-0.2, -0.15) is 0 Å². The monoisotopic (exact) mass is 503 g/mol. The van der Waals surface area contributed by atoms with Crippen LogP contribution in [0.3, 0.4) is 0 Å². The van der Waals surface area contributed by atoms with Crippen molar-refractivity contribution in [2.75, 3.05) is 19.7 Å². The first-order valence-electron chi connectivity index (χ1n) is 13.4. The molecule has 198 valence electrons. The van der Waals surface area contributed by atoms with Crippen molar-refractivity contribution in [2.45, 2.75) is 70.6 Å². The molecule has 1 aliphatic rings. The molecule has 0 radical (unpaired) electrons. The summed E-state index contributed by atoms with van der Waals surface area (Å²) in [5, 5.41) is 10.3. The lowest BCUT2D eigenvalue weighted by atomic mass is 9.81. The van der Waals surface area contributed by atoms with Crippen molar-refractivity contribution < 1.29 is 14.6 Å². The molecule has 0 saturated carbocycles. The number of carboxylic acid groups (broad SMARTS) is 1. The van der Waals surface area contributed by atoms with Crippen LogP contribution in [0.5, 0.6) is 0 Å². The highest BCUT2D eigenvalue weighted by molar-refractivity contribution is 5.85. The van der Waals surface area contributed by atoms with E-state index in [1.165, 1.54) is 33.7 Å². The van der Waals surface area contributed by atoms with E-state index in [1.54, 1.807) is 6.08 Å². The van der Waals surface area contributed by atoms with Gasteiger partial charge in [-0.05, 0) is 86.9 Å². The molecule has 2 aromatic carbocycles. The fraction of sp³-hybridized carbons (Fsp3) is 0.452. The first-order valence-corrected chi connectivity index (χ1v) is 13.4. The summed E-state index contributed by atoms with van der Waals surface area (Å²) in [6, 6.07) is 14.8. The number of aromatic nitrogens is 1. The van der Waals surface area contributed by atoms with E-state index in [9.17, 15) is 4.79 Å². The molecule has 0 fully saturated rings. The van der Waals surface area contributed by atoms with Gasteiger partial charge in [0.05, 0.1) is 5.60 Å². The largest absolute Gasteiger partial charge is 0.478 e. The molecular formula is C31H41N3O3. The van der Waals surface area contributed by atoms with Gasteiger partial charge in [-0.1, -0.05) is 43.3 Å². The van der Waals surface area contributed by atoms with E-state index in [0.717, 1.165) is 50.8 Å². The van der Waals surface area contributed by atoms with Crippen LogP contribution >= 0.6 is 0 Å². The zero-order chi connectivity index (χ0) is 26.5. The number of nitrogens with zero attached hydrogens (tertiary/aromatic N) is 1. The second kappa shape index (κ2) is 11.6. The molecule has 6 heteroatoms. The van der Waals surface area contributed by atoms with E-state index in [-0.39, 0.29) is 11.1 Å². The van der Waals surface area contributed by atoms with Crippen LogP contribution in [0.15, 0.2) is 54.7 Å². The fourth-order valence-corrected chi connectivity index (χ4v) is 5.52. The Hall–Kier alpha value is -2.93. The summed E-state index contributed by atoms with van der Waals surface area (Å²) in [5.41, 5.74) is 11.6. The highest BCUT2D eigenvalue weighted by Crippen LogP contribution is 2.35. The molecule has 0 bridgehead atoms. The SMILES string of the molecule is CCC(C)(CCN)OCCC1(C)Cc2cc(/C=C/C(=O)O)ccc2CN1CCc1c[nH]c2ccccc12. The van der Waals surface area contributed by atoms with Gasteiger partial charge in [-0.3, -0.25) is 4.90 Å². The molecule has 1 aliphatic heterocycles. The van der Waals surface area contributed by atoms with Crippen LogP contribution < -0.4 is 5.73 Å². The quantitative estimate of drug-likeness (QED) is 0.282. The Labute approximate surface area is 220 Å². The second-order valence-corrected chi connectivity index (χ2v) is 10.8. The number of carbonyl (C=O) groups is 1. The lowest BCUT2D eigenvalue weighted by Crippen LogP contribution is -2.52. The van der Waals surface area contributed by atoms with Gasteiger partial charge in [-0.15, -0.1) is 0 Å². The van der Waals surface area contributed by atoms with E-state index in [1.807, 2.05) is 6.07 Å². The van der Waals surface area contributed by atoms with Gasteiger partial charge in [0.2, 0.25) is 0 Å². The first-order chi connectivity index (χ1) is 17.7. The van der Waals surface area contributed by atoms with Crippen LogP contribution in [0.1, 0.15) is 62.3 Å². The molecule has 4 rings (SSSR count). The third kappa shape index (κ3) is 6.50. The number of H-pyrrole nitrogens is 1. The Bertz CT molecular complexity index is 1250. The van der Waals surface area contributed by atoms with Crippen molar-refractivity contribution in [3.8, 4) is 0 Å². The number of benzene rings is 2. The van der Waals surface area contributed by atoms with E-state index >= 15 is 0 Å². The molecule has 2 unspecified atom stereocenters. The Kier molecular flexibility index (Phi) is 8.53. The average molecular weight is 504 g/mol. The number of rotatable bonds is 12. The van der Waals surface area contributed by atoms with E-state index in [2.05, 4.69) is 73.3 Å². The van der Waals surface area contributed by atoms with Gasteiger partial charge >= 0.3 is 5.97 Å². The lowest BCUT2D eigenvalue weighted by molar-refractivity contribution is -0.131. The maximum absolute atomic E-state index is 11.0. The van der Waals surface area contributed by atoms with Gasteiger partial charge in [0, 0.05) is 48.4 Å². The number of hydrogen-bond donors (Lipinski definition) is 3. The van der Waals surface area contributed by atoms with Crippen LogP contribution in [0, 0.1) is 0 Å². The van der Waals surface area contributed by atoms with Gasteiger partial charge in [0.15, 0.2) is 0 Å². The first kappa shape index (κ1) is 27.1. The normalized spacial score (nSPS) is 19.8. The number of hydrogen-bond acceptors (Lipinski definition) is 4. The van der Waals surface area contributed by atoms with Crippen molar-refractivity contribution in [3.63, 3.8) is 0 Å². The zero-order valence-corrected chi connectivity index (χ0v) is 22.4. The highest BCUT2D eigenvalue weighted by atomic mass is 16.5. The van der Waals surface area contributed by atoms with Crippen LogP contribution in [0.2, 0.25) is 0 Å². The molecule has 4 N–H and O–H groups in total. The Morgan fingerprint density at radius 1 is 1.27 bits per heavy atom. The molecule has 3 aromatic rings. The summed E-state index contributed by atoms with van der Waals surface area (Å²) in [6.07, 6.45) is 9.59. The lowest BCUT2D eigenvalue weighted by Gasteiger charge is -2.46. The van der Waals surface area contributed by atoms with E-state index in [0.29, 0.717) is 13.2 Å². The van der Waals surface area contributed by atoms with Crippen LogP contribution in [0.4, 0.5) is 0 Å². The Morgan fingerprint density at radius 2 is 2.08 bits per heavy atom. The fourth-order valence-electron chi connectivity index (χ4n) is 5.52. The summed E-state index contributed by atoms with van der Waals surface area (Å²) in [4.78, 5) is 17.0. The number of para-hydroxylation sites is 1. The summed E-state index contributed by atoms with van der Waals surface area (Å²) in [7, 11) is 0. The molecule has 0 aliphatic carbocycles. The minimum Gasteiger partial charge on any atom is -0.478 e. The topological polar surface area (TPSA) is 91.6 Å². The number of aromatic amines is 1. The molecule has 2 heterocycles. The highest BCUT2D eigenvalue weighted by Gasteiger charge is 2.37. The maximum atomic E-state index is 11.0. The van der Waals surface area contributed by atoms with E-state index in [4.69, 9.17) is 15.6 Å². The molecule has 6 nitrogen and oxygen atoms in total. The van der Waals surface area contributed by atoms with Crippen molar-refractivity contribution >= 4 is 22.9 Å². The number of fused-ring (bicyclic) bond motifs is 2. The molecule has 0 spiro atoms. The van der Waals surface area contributed by atoms with Gasteiger partial charge in [0.25, 0.3) is 0 Å². The predicted molar refractivity (Wildman–Crippen MR) is 151 cm³/mol. The summed E-state index contributed by atoms with van der Waals surface area (Å²) in [5.74, 6) is -0.931. The number of nitrogens with two attached hydrogens (primary N) is 1. The number of aliphatic carboxylic acids is 1. The molecule has 1 aromatic heterocycles. The van der Waals surface area contributed by atoms with Crippen molar-refractivity contribution in [1.82, 2.24) is 9.88 Å². The third-order valence-corrected chi connectivity index (χ3v) is 8.18. The third-order valence-electron chi connectivity index (χ3n) is 8.18. The minimum atomic E-state index is -0.931. The summed E-state index contributed by atoms with van der Waals surface area (Å²) < 4.78 is 6.43. The van der Waals surface area contributed by atoms with Gasteiger partial charge in [0.1, 0.15) is 0 Å². The molecule has 2 atom stereocenters. The number of nitrogens with one attached hydrogen (secondary N) is 1. The van der Waals surface area contributed by atoms with Crippen molar-refractivity contribution in [2.24, 2.45) is 5.73 Å². The molecule has 37 heavy (non-hydrogen) atoms. The van der Waals surface area contributed by atoms with Crippen molar-refractivity contribution in [1.29, 1.82) is 0 Å². The van der Waals surface area contributed by atoms with Crippen LogP contribution in [-0.2, 0) is 28.9 Å². The molecule has 0 saturated heterocycles. The number of carboxylic acids is 1. The maximum Gasteiger partial charge on any atom is 0.328 e. The van der Waals surface area contributed by atoms with Crippen LogP contribution in [-0.4, -0.2) is 51.8 Å². The minimum absolute atomic E-state index is 0.0778. The second-order valence-electron chi connectivity index (χ2n) is 10.8. The van der Waals surface area contributed by atoms with Gasteiger partial charge in [-0.25, -0.2) is 4.79 Å². The summed E-state index contributed by atoms with van der Waals surface area (Å²) in [6.45, 7) is 9.79. The van der Waals surface area contributed by atoms with Gasteiger partial charge < -0.3 is 20.6 Å². The van der Waals surface area contributed by atoms with Crippen LogP contribution in [0.25, 0.3) is 17.0 Å². The average Bonchev–Trinajstić information content (AvgIpc) is 3.29. The van der Waals surface area contributed by atoms with E-state index < -0.39 is 5.97 Å². The molecule has 0 amide bonds. The zero-order valence-electron chi connectivity index (χ0n) is 22.4. The summed E-state index contributed by atoms with van der Waals surface area (Å²) >= 11 is 0. The standard InChI is InChI=1S/C31H41N3O3/c1-4-31(3,14-16-32)37-18-15-30(2)20-26-19-23(10-12-29(35)36)9-11-25(26)22-34(30)17-13-24-21-33-28-8-6-5-7-27(24)28/h5-12,19,21,33H,4,13-18,20,22,32H2,1-3H3,(H,35,36)/b12-10+. The Balaban J connectivity index is 1.55. The Morgan fingerprint density at radius 3 is 2.84 bits per heavy atom. The van der Waals surface area contributed by atoms with Crippen molar-refractivity contribution in [3.05, 3.63) is 77.0 Å². The predicted octanol–water partition coefficient (Wildman–Crippen LogP) is 5.55. The number of ether oxygens (including phenoxy) is 1. The smallest absolute Gasteiger partial charge is 0.328 e. The molecular weight excluding hydrogens is 462 g/mol.